The largest absolute Gasteiger partial charge is 0.493 e. The molecule has 0 aliphatic carbocycles. The second-order valence-electron chi connectivity index (χ2n) is 9.60. The van der Waals surface area contributed by atoms with Crippen molar-refractivity contribution in [3.63, 3.8) is 0 Å². The molecule has 0 radical (unpaired) electrons. The minimum absolute atomic E-state index is 0.0137. The zero-order valence-electron chi connectivity index (χ0n) is 24.7. The number of nitrogens with one attached hydrogen (secondary N) is 3. The van der Waals surface area contributed by atoms with Gasteiger partial charge >= 0.3 is 0 Å². The van der Waals surface area contributed by atoms with Crippen molar-refractivity contribution in [2.45, 2.75) is 23.5 Å². The summed E-state index contributed by atoms with van der Waals surface area (Å²) in [6.07, 6.45) is 2.10. The summed E-state index contributed by atoms with van der Waals surface area (Å²) in [6, 6.07) is 25.7. The van der Waals surface area contributed by atoms with Crippen LogP contribution in [0.5, 0.6) is 11.5 Å². The van der Waals surface area contributed by atoms with Crippen LogP contribution in [-0.2, 0) is 9.59 Å². The summed E-state index contributed by atoms with van der Waals surface area (Å²) in [6.45, 7) is 1.91. The number of methoxy groups -OCH3 is 2. The molecule has 11 heteroatoms. The van der Waals surface area contributed by atoms with Crippen molar-refractivity contribution in [1.29, 1.82) is 0 Å². The van der Waals surface area contributed by atoms with Crippen LogP contribution in [0.4, 0.5) is 11.4 Å². The van der Waals surface area contributed by atoms with E-state index in [0.717, 1.165) is 4.90 Å². The Kier molecular flexibility index (Phi) is 11.9. The Hall–Kier alpha value is -4.44. The predicted molar refractivity (Wildman–Crippen MR) is 182 cm³/mol. The molecular formula is C34H31Cl2N3O5S. The molecule has 232 valence electrons. The van der Waals surface area contributed by atoms with Gasteiger partial charge in [-0.1, -0.05) is 60.5 Å². The number of halogens is 2. The molecule has 0 aliphatic rings. The van der Waals surface area contributed by atoms with E-state index in [0.29, 0.717) is 50.5 Å². The maximum absolute atomic E-state index is 13.6. The number of thioether (sulfide) groups is 1. The molecule has 4 aromatic carbocycles. The van der Waals surface area contributed by atoms with Crippen LogP contribution < -0.4 is 25.4 Å². The predicted octanol–water partition coefficient (Wildman–Crippen LogP) is 7.93. The molecule has 3 amide bonds. The summed E-state index contributed by atoms with van der Waals surface area (Å²) in [5.41, 5.74) is 1.96. The van der Waals surface area contributed by atoms with Gasteiger partial charge in [-0.2, -0.15) is 0 Å². The van der Waals surface area contributed by atoms with Gasteiger partial charge < -0.3 is 25.4 Å². The first-order valence-corrected chi connectivity index (χ1v) is 15.5. The lowest BCUT2D eigenvalue weighted by Crippen LogP contribution is -2.30. The molecule has 0 spiro atoms. The summed E-state index contributed by atoms with van der Waals surface area (Å²) in [7, 11) is 3.05. The van der Waals surface area contributed by atoms with Crippen molar-refractivity contribution in [2.24, 2.45) is 0 Å². The molecule has 3 N–H and O–H groups in total. The molecule has 1 atom stereocenters. The second-order valence-corrected chi connectivity index (χ2v) is 11.7. The van der Waals surface area contributed by atoms with Crippen molar-refractivity contribution in [3.05, 3.63) is 118 Å². The van der Waals surface area contributed by atoms with E-state index in [4.69, 9.17) is 32.7 Å². The minimum Gasteiger partial charge on any atom is -0.493 e. The summed E-state index contributed by atoms with van der Waals surface area (Å²) in [4.78, 5) is 40.4. The third-order valence-corrected chi connectivity index (χ3v) is 8.38. The van der Waals surface area contributed by atoms with Crippen LogP contribution in [0.25, 0.3) is 6.08 Å². The van der Waals surface area contributed by atoms with Crippen LogP contribution in [0.15, 0.2) is 102 Å². The van der Waals surface area contributed by atoms with Gasteiger partial charge in [-0.25, -0.2) is 0 Å². The van der Waals surface area contributed by atoms with Gasteiger partial charge in [0, 0.05) is 21.2 Å². The monoisotopic (exact) mass is 663 g/mol. The number of hydrogen-bond acceptors (Lipinski definition) is 6. The summed E-state index contributed by atoms with van der Waals surface area (Å²) >= 11 is 13.6. The molecule has 45 heavy (non-hydrogen) atoms. The Balaban J connectivity index is 1.54. The quantitative estimate of drug-likeness (QED) is 0.105. The summed E-state index contributed by atoms with van der Waals surface area (Å²) in [5, 5.41) is 8.83. The number of anilines is 2. The maximum Gasteiger partial charge on any atom is 0.272 e. The molecule has 0 fully saturated rings. The molecule has 4 aromatic rings. The van der Waals surface area contributed by atoms with Crippen LogP contribution in [0.1, 0.15) is 29.3 Å². The summed E-state index contributed by atoms with van der Waals surface area (Å²) in [5.74, 6) is -0.209. The standard InChI is InChI=1S/C34H31Cl2N3O5S/c1-4-31(34(42)38-27-15-14-23(35)19-26(27)36)45-25-12-8-11-24(20-25)37-33(41)28(39-32(40)22-9-6-5-7-10-22)17-21-13-16-29(43-2)30(18-21)44-3/h5-20,31H,4H2,1-3H3,(H,37,41)(H,38,42)(H,39,40)/b28-17+. The lowest BCUT2D eigenvalue weighted by atomic mass is 10.1. The van der Waals surface area contributed by atoms with Crippen LogP contribution >= 0.6 is 35.0 Å². The fourth-order valence-corrected chi connectivity index (χ4v) is 5.66. The van der Waals surface area contributed by atoms with Crippen molar-refractivity contribution < 1.29 is 23.9 Å². The third-order valence-electron chi connectivity index (χ3n) is 6.47. The average Bonchev–Trinajstić information content (AvgIpc) is 3.05. The van der Waals surface area contributed by atoms with E-state index >= 15 is 0 Å². The number of ether oxygens (including phenoxy) is 2. The normalized spacial score (nSPS) is 11.7. The number of amides is 3. The Bertz CT molecular complexity index is 1720. The number of benzene rings is 4. The highest BCUT2D eigenvalue weighted by Gasteiger charge is 2.20. The van der Waals surface area contributed by atoms with E-state index in [2.05, 4.69) is 16.0 Å². The Morgan fingerprint density at radius 1 is 0.844 bits per heavy atom. The molecule has 0 aromatic heterocycles. The van der Waals surface area contributed by atoms with E-state index in [-0.39, 0.29) is 11.6 Å². The highest BCUT2D eigenvalue weighted by molar-refractivity contribution is 8.00. The molecule has 1 unspecified atom stereocenters. The molecule has 0 saturated carbocycles. The van der Waals surface area contributed by atoms with Gasteiger partial charge in [0.1, 0.15) is 5.70 Å². The van der Waals surface area contributed by atoms with E-state index in [1.54, 1.807) is 91.0 Å². The Morgan fingerprint density at radius 3 is 2.29 bits per heavy atom. The van der Waals surface area contributed by atoms with Gasteiger partial charge in [-0.15, -0.1) is 11.8 Å². The first-order chi connectivity index (χ1) is 21.7. The first-order valence-electron chi connectivity index (χ1n) is 13.8. The molecular weight excluding hydrogens is 633 g/mol. The number of rotatable bonds is 12. The van der Waals surface area contributed by atoms with Gasteiger partial charge in [-0.3, -0.25) is 14.4 Å². The molecule has 4 rings (SSSR count). The third kappa shape index (κ3) is 9.28. The zero-order chi connectivity index (χ0) is 32.3. The number of carbonyl (C=O) groups excluding carboxylic acids is 3. The van der Waals surface area contributed by atoms with Crippen LogP contribution in [-0.4, -0.2) is 37.2 Å². The van der Waals surface area contributed by atoms with Gasteiger partial charge in [0.25, 0.3) is 11.8 Å². The smallest absolute Gasteiger partial charge is 0.272 e. The Labute approximate surface area is 276 Å². The number of hydrogen-bond donors (Lipinski definition) is 3. The SMILES string of the molecule is CCC(Sc1cccc(NC(=O)/C(=C\c2ccc(OC)c(OC)c2)NC(=O)c2ccccc2)c1)C(=O)Nc1ccc(Cl)cc1Cl. The van der Waals surface area contributed by atoms with Crippen molar-refractivity contribution in [2.75, 3.05) is 24.9 Å². The van der Waals surface area contributed by atoms with Gasteiger partial charge in [-0.05, 0) is 78.7 Å². The highest BCUT2D eigenvalue weighted by atomic mass is 35.5. The average molecular weight is 665 g/mol. The molecule has 0 aliphatic heterocycles. The highest BCUT2D eigenvalue weighted by Crippen LogP contribution is 2.31. The lowest BCUT2D eigenvalue weighted by Gasteiger charge is -2.16. The van der Waals surface area contributed by atoms with Crippen molar-refractivity contribution >= 4 is 70.1 Å². The molecule has 0 saturated heterocycles. The van der Waals surface area contributed by atoms with Gasteiger partial charge in [0.2, 0.25) is 5.91 Å². The fourth-order valence-electron chi connectivity index (χ4n) is 4.19. The fraction of sp³-hybridized carbons (Fsp3) is 0.147. The van der Waals surface area contributed by atoms with Gasteiger partial charge in [0.05, 0.1) is 30.2 Å². The van der Waals surface area contributed by atoms with E-state index in [1.165, 1.54) is 26.0 Å². The topological polar surface area (TPSA) is 106 Å². The second kappa shape index (κ2) is 16.0. The van der Waals surface area contributed by atoms with Crippen molar-refractivity contribution in [1.82, 2.24) is 5.32 Å². The van der Waals surface area contributed by atoms with Crippen molar-refractivity contribution in [3.8, 4) is 11.5 Å². The summed E-state index contributed by atoms with van der Waals surface area (Å²) < 4.78 is 10.7. The van der Waals surface area contributed by atoms with E-state index in [1.807, 2.05) is 13.0 Å². The first kappa shape index (κ1) is 33.5. The van der Waals surface area contributed by atoms with E-state index < -0.39 is 17.1 Å². The van der Waals surface area contributed by atoms with Crippen LogP contribution in [0, 0.1) is 0 Å². The zero-order valence-corrected chi connectivity index (χ0v) is 27.1. The van der Waals surface area contributed by atoms with Crippen LogP contribution in [0.3, 0.4) is 0 Å². The molecule has 0 bridgehead atoms. The number of carbonyl (C=O) groups is 3. The lowest BCUT2D eigenvalue weighted by molar-refractivity contribution is -0.116. The minimum atomic E-state index is -0.543. The van der Waals surface area contributed by atoms with Gasteiger partial charge in [0.15, 0.2) is 11.5 Å². The maximum atomic E-state index is 13.6. The molecule has 8 nitrogen and oxygen atoms in total. The van der Waals surface area contributed by atoms with Crippen LogP contribution in [0.2, 0.25) is 10.0 Å². The van der Waals surface area contributed by atoms with E-state index in [9.17, 15) is 14.4 Å². The Morgan fingerprint density at radius 2 is 1.60 bits per heavy atom. The molecule has 0 heterocycles.